The predicted molar refractivity (Wildman–Crippen MR) is 94.7 cm³/mol. The van der Waals surface area contributed by atoms with Crippen molar-refractivity contribution in [3.8, 4) is 0 Å². The van der Waals surface area contributed by atoms with Crippen LogP contribution in [0.3, 0.4) is 0 Å². The molecule has 0 saturated carbocycles. The van der Waals surface area contributed by atoms with Crippen LogP contribution in [0.1, 0.15) is 28.7 Å². The molecule has 2 N–H and O–H groups in total. The Morgan fingerprint density at radius 2 is 2.15 bits per heavy atom. The van der Waals surface area contributed by atoms with E-state index < -0.39 is 35.7 Å². The minimum Gasteiger partial charge on any atom is -0.762 e. The lowest BCUT2D eigenvalue weighted by atomic mass is 9.64. The van der Waals surface area contributed by atoms with E-state index in [1.807, 2.05) is 31.2 Å². The number of aryl methyl sites for hydroxylation is 1. The second kappa shape index (κ2) is 7.51. The van der Waals surface area contributed by atoms with Gasteiger partial charge in [0.25, 0.3) is 0 Å². The maximum Gasteiger partial charge on any atom is 0.322 e. The number of ether oxygens (including phenoxy) is 1. The van der Waals surface area contributed by atoms with Crippen LogP contribution >= 0.6 is 0 Å². The SMILES string of the molecule is COC(=O)[C@]1([C@@H](CN([O-])O)c2ccco2)C(=O)NC[C@@H]1c1ccc(C)cc1. The lowest BCUT2D eigenvalue weighted by Crippen LogP contribution is -2.50. The molecule has 1 fully saturated rings. The number of benzene rings is 1. The molecule has 1 aromatic heterocycles. The number of nitrogens with zero attached hydrogens (tertiary/aromatic N) is 1. The lowest BCUT2D eigenvalue weighted by molar-refractivity contribution is -0.162. The number of carbonyl (C=O) groups excluding carboxylic acids is 2. The smallest absolute Gasteiger partial charge is 0.322 e. The average molecular weight is 373 g/mol. The first-order valence-electron chi connectivity index (χ1n) is 8.51. The molecule has 1 amide bonds. The van der Waals surface area contributed by atoms with Crippen molar-refractivity contribution >= 4 is 11.9 Å². The van der Waals surface area contributed by atoms with Crippen LogP contribution < -0.4 is 5.32 Å². The number of nitrogens with one attached hydrogen (secondary N) is 1. The van der Waals surface area contributed by atoms with Gasteiger partial charge in [-0.2, -0.15) is 0 Å². The van der Waals surface area contributed by atoms with Gasteiger partial charge in [0.1, 0.15) is 5.76 Å². The molecule has 8 heteroatoms. The summed E-state index contributed by atoms with van der Waals surface area (Å²) in [5, 5.41) is 23.3. The Labute approximate surface area is 156 Å². The maximum atomic E-state index is 13.0. The molecule has 3 rings (SSSR count). The molecule has 27 heavy (non-hydrogen) atoms. The number of amides is 1. The highest BCUT2D eigenvalue weighted by atomic mass is 16.8. The van der Waals surface area contributed by atoms with Crippen molar-refractivity contribution in [2.75, 3.05) is 20.2 Å². The molecule has 144 valence electrons. The Bertz CT molecular complexity index is 802. The van der Waals surface area contributed by atoms with Gasteiger partial charge in [-0.25, -0.2) is 0 Å². The summed E-state index contributed by atoms with van der Waals surface area (Å²) in [6.07, 6.45) is 1.38. The molecule has 2 aromatic rings. The lowest BCUT2D eigenvalue weighted by Gasteiger charge is -2.38. The number of hydroxylamine groups is 2. The molecule has 0 aliphatic carbocycles. The van der Waals surface area contributed by atoms with Gasteiger partial charge in [0.15, 0.2) is 5.41 Å². The highest BCUT2D eigenvalue weighted by molar-refractivity contribution is 6.06. The van der Waals surface area contributed by atoms with Crippen molar-refractivity contribution in [2.24, 2.45) is 5.41 Å². The van der Waals surface area contributed by atoms with Gasteiger partial charge in [-0.1, -0.05) is 29.8 Å². The van der Waals surface area contributed by atoms with Crippen LogP contribution in [0.4, 0.5) is 0 Å². The second-order valence-corrected chi connectivity index (χ2v) is 6.64. The zero-order chi connectivity index (χ0) is 19.6. The number of carbonyl (C=O) groups is 2. The van der Waals surface area contributed by atoms with Crippen LogP contribution in [-0.4, -0.2) is 42.5 Å². The van der Waals surface area contributed by atoms with Gasteiger partial charge >= 0.3 is 5.97 Å². The first-order chi connectivity index (χ1) is 12.9. The van der Waals surface area contributed by atoms with Gasteiger partial charge in [-0.15, -0.1) is 0 Å². The van der Waals surface area contributed by atoms with Crippen LogP contribution in [-0.2, 0) is 14.3 Å². The fourth-order valence-corrected chi connectivity index (χ4v) is 3.89. The molecule has 0 bridgehead atoms. The molecule has 0 unspecified atom stereocenters. The molecule has 1 saturated heterocycles. The van der Waals surface area contributed by atoms with Gasteiger partial charge in [0.2, 0.25) is 5.91 Å². The van der Waals surface area contributed by atoms with Crippen LogP contribution in [0.15, 0.2) is 47.1 Å². The summed E-state index contributed by atoms with van der Waals surface area (Å²) in [7, 11) is 1.19. The number of hydrogen-bond donors (Lipinski definition) is 2. The van der Waals surface area contributed by atoms with E-state index >= 15 is 0 Å². The zero-order valence-corrected chi connectivity index (χ0v) is 15.0. The third-order valence-corrected chi connectivity index (χ3v) is 5.17. The zero-order valence-electron chi connectivity index (χ0n) is 15.0. The van der Waals surface area contributed by atoms with Crippen molar-refractivity contribution in [1.29, 1.82) is 0 Å². The molecule has 8 nitrogen and oxygen atoms in total. The number of furan rings is 1. The fraction of sp³-hybridized carbons (Fsp3) is 0.368. The topological polar surface area (TPSA) is 115 Å². The van der Waals surface area contributed by atoms with E-state index in [0.29, 0.717) is 0 Å². The Kier molecular flexibility index (Phi) is 5.31. The van der Waals surface area contributed by atoms with Gasteiger partial charge < -0.3 is 24.9 Å². The van der Waals surface area contributed by atoms with E-state index in [1.54, 1.807) is 12.1 Å². The van der Waals surface area contributed by atoms with Gasteiger partial charge in [-0.3, -0.25) is 14.8 Å². The molecule has 1 aliphatic heterocycles. The van der Waals surface area contributed by atoms with Crippen molar-refractivity contribution in [3.63, 3.8) is 0 Å². The van der Waals surface area contributed by atoms with Crippen molar-refractivity contribution in [3.05, 3.63) is 64.8 Å². The Hall–Kier alpha value is -2.68. The van der Waals surface area contributed by atoms with E-state index in [2.05, 4.69) is 5.32 Å². The molecule has 0 radical (unpaired) electrons. The first kappa shape index (κ1) is 19.1. The molecular weight excluding hydrogens is 352 g/mol. The minimum atomic E-state index is -1.76. The van der Waals surface area contributed by atoms with E-state index in [9.17, 15) is 20.0 Å². The summed E-state index contributed by atoms with van der Waals surface area (Å²) in [6.45, 7) is 1.60. The second-order valence-electron chi connectivity index (χ2n) is 6.64. The number of hydrogen-bond acceptors (Lipinski definition) is 7. The minimum absolute atomic E-state index is 0.193. The van der Waals surface area contributed by atoms with Crippen LogP contribution in [0, 0.1) is 17.5 Å². The van der Waals surface area contributed by atoms with E-state index in [-0.39, 0.29) is 17.5 Å². The normalized spacial score (nSPS) is 23.3. The summed E-state index contributed by atoms with van der Waals surface area (Å²) < 4.78 is 10.4. The maximum absolute atomic E-state index is 13.0. The molecule has 0 spiro atoms. The van der Waals surface area contributed by atoms with Crippen molar-refractivity contribution < 1.29 is 24.0 Å². The van der Waals surface area contributed by atoms with Gasteiger partial charge in [0, 0.05) is 19.0 Å². The molecule has 3 atom stereocenters. The summed E-state index contributed by atoms with van der Waals surface area (Å²) >= 11 is 0. The van der Waals surface area contributed by atoms with E-state index in [4.69, 9.17) is 9.15 Å². The van der Waals surface area contributed by atoms with E-state index in [0.717, 1.165) is 11.1 Å². The highest BCUT2D eigenvalue weighted by Gasteiger charge is 2.63. The van der Waals surface area contributed by atoms with Crippen LogP contribution in [0.25, 0.3) is 0 Å². The first-order valence-corrected chi connectivity index (χ1v) is 8.51. The summed E-state index contributed by atoms with van der Waals surface area (Å²) in [6, 6.07) is 10.6. The third kappa shape index (κ3) is 3.23. The van der Waals surface area contributed by atoms with Crippen molar-refractivity contribution in [1.82, 2.24) is 10.5 Å². The highest BCUT2D eigenvalue weighted by Crippen LogP contribution is 2.51. The van der Waals surface area contributed by atoms with Gasteiger partial charge in [-0.05, 0) is 24.6 Å². The average Bonchev–Trinajstić information content (AvgIpc) is 3.28. The number of rotatable bonds is 6. The summed E-state index contributed by atoms with van der Waals surface area (Å²) in [4.78, 5) is 26.0. The van der Waals surface area contributed by atoms with E-state index in [1.165, 1.54) is 13.4 Å². The van der Waals surface area contributed by atoms with Crippen LogP contribution in [0.5, 0.6) is 0 Å². The number of methoxy groups -OCH3 is 1. The Morgan fingerprint density at radius 3 is 2.70 bits per heavy atom. The Morgan fingerprint density at radius 1 is 1.44 bits per heavy atom. The monoisotopic (exact) mass is 373 g/mol. The Balaban J connectivity index is 2.20. The largest absolute Gasteiger partial charge is 0.762 e. The standard InChI is InChI=1S/C19H21N2O6/c1-12-5-7-13(8-6-12)14-10-20-17(22)19(14,18(23)26-2)15(11-21(24)25)16-4-3-9-27-16/h3-9,14-15,24H,10-11H2,1-2H3,(H,20,22)/q-1/t14-,15+,19-/m1/s1. The summed E-state index contributed by atoms with van der Waals surface area (Å²) in [5.74, 6) is -2.76. The molecule has 2 heterocycles. The molecular formula is C19H21N2O6-. The molecule has 1 aliphatic rings. The summed E-state index contributed by atoms with van der Waals surface area (Å²) in [5.41, 5.74) is 0.0208. The fourth-order valence-electron chi connectivity index (χ4n) is 3.89. The predicted octanol–water partition coefficient (Wildman–Crippen LogP) is 1.93. The third-order valence-electron chi connectivity index (χ3n) is 5.17. The van der Waals surface area contributed by atoms with Crippen LogP contribution in [0.2, 0.25) is 0 Å². The number of esters is 1. The van der Waals surface area contributed by atoms with Crippen molar-refractivity contribution in [2.45, 2.75) is 18.8 Å². The van der Waals surface area contributed by atoms with Gasteiger partial charge in [0.05, 0.1) is 19.3 Å². The quantitative estimate of drug-likeness (QED) is 0.452. The molecule has 1 aromatic carbocycles.